The van der Waals surface area contributed by atoms with E-state index in [9.17, 15) is 0 Å². The minimum Gasteiger partial charge on any atom is -0.305 e. The maximum absolute atomic E-state index is 4.69. The van der Waals surface area contributed by atoms with Crippen molar-refractivity contribution in [3.63, 3.8) is 0 Å². The number of rotatable bonds is 1. The molecule has 26 heavy (non-hydrogen) atoms. The zero-order valence-corrected chi connectivity index (χ0v) is 14.6. The van der Waals surface area contributed by atoms with Crippen molar-refractivity contribution in [3.05, 3.63) is 79.3 Å². The molecule has 0 aliphatic carbocycles. The molecule has 0 fully saturated rings. The Balaban J connectivity index is 1.96. The van der Waals surface area contributed by atoms with Crippen molar-refractivity contribution in [1.29, 1.82) is 0 Å². The van der Waals surface area contributed by atoms with Crippen LogP contribution in [0, 0.1) is 0 Å². The highest BCUT2D eigenvalue weighted by Crippen LogP contribution is 2.42. The summed E-state index contributed by atoms with van der Waals surface area (Å²) < 4.78 is 4.91. The van der Waals surface area contributed by atoms with Gasteiger partial charge in [-0.25, -0.2) is 0 Å². The van der Waals surface area contributed by atoms with Gasteiger partial charge in [0.25, 0.3) is 0 Å². The molecule has 0 aliphatic rings. The first-order valence-electron chi connectivity index (χ1n) is 8.51. The van der Waals surface area contributed by atoms with Gasteiger partial charge in [-0.3, -0.25) is 9.97 Å². The molecule has 0 bridgehead atoms. The van der Waals surface area contributed by atoms with Crippen molar-refractivity contribution >= 4 is 53.4 Å². The van der Waals surface area contributed by atoms with Gasteiger partial charge in [0.15, 0.2) is 0 Å². The molecule has 0 atom stereocenters. The lowest BCUT2D eigenvalue weighted by Crippen LogP contribution is -1.94. The van der Waals surface area contributed by atoms with Crippen molar-refractivity contribution in [2.24, 2.45) is 0 Å². The molecule has 0 radical (unpaired) electrons. The third kappa shape index (κ3) is 1.77. The van der Waals surface area contributed by atoms with Crippen LogP contribution in [0.2, 0.25) is 0 Å². The minimum atomic E-state index is 1.03. The first kappa shape index (κ1) is 14.0. The van der Waals surface area contributed by atoms with Crippen LogP contribution in [0.1, 0.15) is 0 Å². The molecule has 2 aromatic carbocycles. The molecular formula is C22H13N3S. The second kappa shape index (κ2) is 5.13. The largest absolute Gasteiger partial charge is 0.305 e. The van der Waals surface area contributed by atoms with Crippen LogP contribution in [0.25, 0.3) is 47.8 Å². The van der Waals surface area contributed by atoms with Gasteiger partial charge in [-0.15, -0.1) is 11.3 Å². The van der Waals surface area contributed by atoms with Gasteiger partial charge in [0.2, 0.25) is 0 Å². The van der Waals surface area contributed by atoms with E-state index in [1.807, 2.05) is 42.1 Å². The Hall–Kier alpha value is -3.24. The van der Waals surface area contributed by atoms with E-state index < -0.39 is 0 Å². The Morgan fingerprint density at radius 3 is 2.62 bits per heavy atom. The Kier molecular flexibility index (Phi) is 2.76. The van der Waals surface area contributed by atoms with Crippen LogP contribution in [0.4, 0.5) is 0 Å². The summed E-state index contributed by atoms with van der Waals surface area (Å²) >= 11 is 1.84. The summed E-state index contributed by atoms with van der Waals surface area (Å²) in [6, 6.07) is 21.3. The van der Waals surface area contributed by atoms with Crippen LogP contribution in [-0.4, -0.2) is 14.5 Å². The summed E-state index contributed by atoms with van der Waals surface area (Å²) in [5, 5.41) is 3.77. The SMILES string of the molecule is c1cncc(-n2c3cccnc3c3ccc4sc5ccccc5c4c32)c1. The summed E-state index contributed by atoms with van der Waals surface area (Å²) in [5.74, 6) is 0. The summed E-state index contributed by atoms with van der Waals surface area (Å²) in [5.41, 5.74) is 4.41. The number of fused-ring (bicyclic) bond motifs is 7. The molecule has 0 saturated carbocycles. The quantitative estimate of drug-likeness (QED) is 0.367. The number of aromatic nitrogens is 3. The Morgan fingerprint density at radius 2 is 1.69 bits per heavy atom. The van der Waals surface area contributed by atoms with Crippen LogP contribution in [0.5, 0.6) is 0 Å². The lowest BCUT2D eigenvalue weighted by Gasteiger charge is -2.07. The number of benzene rings is 2. The van der Waals surface area contributed by atoms with Crippen molar-refractivity contribution in [2.75, 3.05) is 0 Å². The van der Waals surface area contributed by atoms with E-state index in [1.54, 1.807) is 0 Å². The molecule has 4 aromatic heterocycles. The van der Waals surface area contributed by atoms with E-state index in [2.05, 4.69) is 63.1 Å². The van der Waals surface area contributed by atoms with Crippen LogP contribution in [-0.2, 0) is 0 Å². The summed E-state index contributed by atoms with van der Waals surface area (Å²) in [4.78, 5) is 9.03. The van der Waals surface area contributed by atoms with Gasteiger partial charge < -0.3 is 4.57 Å². The second-order valence-corrected chi connectivity index (χ2v) is 7.43. The molecule has 0 unspecified atom stereocenters. The van der Waals surface area contributed by atoms with Crippen LogP contribution in [0.15, 0.2) is 79.3 Å². The maximum Gasteiger partial charge on any atom is 0.0963 e. The van der Waals surface area contributed by atoms with Crippen LogP contribution >= 0.6 is 11.3 Å². The topological polar surface area (TPSA) is 30.7 Å². The van der Waals surface area contributed by atoms with Gasteiger partial charge in [0, 0.05) is 38.0 Å². The molecule has 122 valence electrons. The Labute approximate surface area is 153 Å². The molecule has 4 heterocycles. The summed E-state index contributed by atoms with van der Waals surface area (Å²) in [6.07, 6.45) is 5.59. The zero-order valence-electron chi connectivity index (χ0n) is 13.8. The number of thiophene rings is 1. The van der Waals surface area contributed by atoms with E-state index in [0.717, 1.165) is 16.7 Å². The van der Waals surface area contributed by atoms with Crippen molar-refractivity contribution in [2.45, 2.75) is 0 Å². The minimum absolute atomic E-state index is 1.03. The predicted molar refractivity (Wildman–Crippen MR) is 109 cm³/mol. The number of pyridine rings is 2. The third-order valence-corrected chi connectivity index (χ3v) is 6.06. The average Bonchev–Trinajstić information content (AvgIpc) is 3.24. The normalized spacial score (nSPS) is 11.8. The lowest BCUT2D eigenvalue weighted by atomic mass is 10.1. The van der Waals surface area contributed by atoms with E-state index in [0.29, 0.717) is 0 Å². The number of nitrogens with zero attached hydrogens (tertiary/aromatic N) is 3. The fourth-order valence-electron chi connectivity index (χ4n) is 3.88. The molecule has 0 aliphatic heterocycles. The second-order valence-electron chi connectivity index (χ2n) is 6.35. The van der Waals surface area contributed by atoms with Crippen molar-refractivity contribution in [1.82, 2.24) is 14.5 Å². The van der Waals surface area contributed by atoms with Crippen molar-refractivity contribution < 1.29 is 0 Å². The Morgan fingerprint density at radius 1 is 0.769 bits per heavy atom. The summed E-state index contributed by atoms with van der Waals surface area (Å²) in [6.45, 7) is 0. The van der Waals surface area contributed by atoms with Gasteiger partial charge in [-0.05, 0) is 42.5 Å². The average molecular weight is 351 g/mol. The van der Waals surface area contributed by atoms with Crippen LogP contribution in [0.3, 0.4) is 0 Å². The predicted octanol–water partition coefficient (Wildman–Crippen LogP) is 5.94. The van der Waals surface area contributed by atoms with E-state index in [4.69, 9.17) is 0 Å². The highest BCUT2D eigenvalue weighted by Gasteiger charge is 2.18. The van der Waals surface area contributed by atoms with E-state index >= 15 is 0 Å². The van der Waals surface area contributed by atoms with Gasteiger partial charge in [-0.2, -0.15) is 0 Å². The first-order chi connectivity index (χ1) is 12.9. The van der Waals surface area contributed by atoms with E-state index in [-0.39, 0.29) is 0 Å². The lowest BCUT2D eigenvalue weighted by molar-refractivity contribution is 1.14. The molecule has 0 N–H and O–H groups in total. The third-order valence-electron chi connectivity index (χ3n) is 4.93. The molecule has 0 amide bonds. The smallest absolute Gasteiger partial charge is 0.0963 e. The molecule has 0 spiro atoms. The Bertz CT molecular complexity index is 1430. The summed E-state index contributed by atoms with van der Waals surface area (Å²) in [7, 11) is 0. The van der Waals surface area contributed by atoms with E-state index in [1.165, 1.54) is 31.1 Å². The fourth-order valence-corrected chi connectivity index (χ4v) is 4.99. The fraction of sp³-hybridized carbons (Fsp3) is 0. The molecule has 4 heteroatoms. The first-order valence-corrected chi connectivity index (χ1v) is 9.33. The molecule has 6 aromatic rings. The molecule has 6 rings (SSSR count). The number of hydrogen-bond acceptors (Lipinski definition) is 3. The number of hydrogen-bond donors (Lipinski definition) is 0. The highest BCUT2D eigenvalue weighted by atomic mass is 32.1. The zero-order chi connectivity index (χ0) is 17.1. The molecule has 0 saturated heterocycles. The van der Waals surface area contributed by atoms with Gasteiger partial charge in [0.05, 0.1) is 28.4 Å². The van der Waals surface area contributed by atoms with Gasteiger partial charge >= 0.3 is 0 Å². The highest BCUT2D eigenvalue weighted by molar-refractivity contribution is 7.26. The molecular weight excluding hydrogens is 338 g/mol. The maximum atomic E-state index is 4.69. The molecule has 3 nitrogen and oxygen atoms in total. The standard InChI is InChI=1S/C22H13N3S/c1-2-8-18-15(6-1)20-19(26-18)10-9-16-21-17(7-4-12-24-21)25(22(16)20)14-5-3-11-23-13-14/h1-13H. The van der Waals surface area contributed by atoms with Crippen molar-refractivity contribution in [3.8, 4) is 5.69 Å². The monoisotopic (exact) mass is 351 g/mol. The van der Waals surface area contributed by atoms with Gasteiger partial charge in [0.1, 0.15) is 0 Å². The van der Waals surface area contributed by atoms with Gasteiger partial charge in [-0.1, -0.05) is 18.2 Å². The van der Waals surface area contributed by atoms with Crippen LogP contribution < -0.4 is 0 Å².